The number of hydrogen-bond donors (Lipinski definition) is 3. The maximum atomic E-state index is 12.3. The predicted molar refractivity (Wildman–Crippen MR) is 112 cm³/mol. The van der Waals surface area contributed by atoms with Crippen LogP contribution >= 0.6 is 0 Å². The van der Waals surface area contributed by atoms with Gasteiger partial charge < -0.3 is 20.2 Å². The Morgan fingerprint density at radius 2 is 2.03 bits per heavy atom. The monoisotopic (exact) mass is 403 g/mol. The van der Waals surface area contributed by atoms with Crippen molar-refractivity contribution in [2.24, 2.45) is 4.99 Å². The van der Waals surface area contributed by atoms with E-state index in [2.05, 4.69) is 15.6 Å². The first-order valence-electron chi connectivity index (χ1n) is 9.58. The highest BCUT2D eigenvalue weighted by Crippen LogP contribution is 2.26. The molecule has 0 fully saturated rings. The zero-order valence-corrected chi connectivity index (χ0v) is 16.4. The average Bonchev–Trinajstić information content (AvgIpc) is 3.27. The van der Waals surface area contributed by atoms with Gasteiger partial charge in [-0.2, -0.15) is 4.99 Å². The molecule has 3 aromatic rings. The Balaban J connectivity index is 1.46. The van der Waals surface area contributed by atoms with Crippen LogP contribution in [0.4, 0.5) is 4.79 Å². The predicted octanol–water partition coefficient (Wildman–Crippen LogP) is 3.87. The average molecular weight is 403 g/mol. The number of aromatic hydroxyl groups is 1. The number of carbonyl (C=O) groups excluding carboxylic acids is 2. The van der Waals surface area contributed by atoms with Crippen molar-refractivity contribution in [3.63, 3.8) is 0 Å². The topological polar surface area (TPSA) is 104 Å². The summed E-state index contributed by atoms with van der Waals surface area (Å²) < 4.78 is 5.21. The van der Waals surface area contributed by atoms with Crippen LogP contribution in [-0.2, 0) is 6.54 Å². The Morgan fingerprint density at radius 1 is 1.23 bits per heavy atom. The van der Waals surface area contributed by atoms with Crippen LogP contribution in [0.1, 0.15) is 45.3 Å². The molecule has 4 rings (SSSR count). The Labute approximate surface area is 173 Å². The van der Waals surface area contributed by atoms with Crippen LogP contribution in [-0.4, -0.2) is 22.8 Å². The van der Waals surface area contributed by atoms with E-state index < -0.39 is 6.03 Å². The van der Waals surface area contributed by atoms with E-state index in [0.717, 1.165) is 16.7 Å². The van der Waals surface area contributed by atoms with E-state index in [4.69, 9.17) is 4.42 Å². The van der Waals surface area contributed by atoms with E-state index >= 15 is 0 Å². The van der Waals surface area contributed by atoms with Gasteiger partial charge in [-0.3, -0.25) is 4.79 Å². The summed E-state index contributed by atoms with van der Waals surface area (Å²) >= 11 is 0. The highest BCUT2D eigenvalue weighted by molar-refractivity contribution is 6.08. The zero-order chi connectivity index (χ0) is 21.1. The molecular formula is C23H21N3O4. The third kappa shape index (κ3) is 4.25. The van der Waals surface area contributed by atoms with Crippen molar-refractivity contribution in [1.82, 2.24) is 10.6 Å². The number of nitrogens with zero attached hydrogens (tertiary/aromatic N) is 1. The summed E-state index contributed by atoms with van der Waals surface area (Å²) in [5.74, 6) is 0.686. The van der Waals surface area contributed by atoms with Gasteiger partial charge in [0.2, 0.25) is 0 Å². The maximum absolute atomic E-state index is 12.3. The molecule has 1 aromatic heterocycles. The molecule has 2 aromatic carbocycles. The van der Waals surface area contributed by atoms with Crippen LogP contribution in [0.3, 0.4) is 0 Å². The lowest BCUT2D eigenvalue weighted by molar-refractivity contribution is 0.0948. The minimum Gasteiger partial charge on any atom is -0.508 e. The number of phenols is 1. The lowest BCUT2D eigenvalue weighted by atomic mass is 9.94. The van der Waals surface area contributed by atoms with E-state index in [-0.39, 0.29) is 17.7 Å². The molecule has 1 aliphatic heterocycles. The molecule has 1 aliphatic rings. The van der Waals surface area contributed by atoms with Crippen LogP contribution in [0.15, 0.2) is 70.3 Å². The maximum Gasteiger partial charge on any atom is 0.341 e. The van der Waals surface area contributed by atoms with E-state index in [1.807, 2.05) is 18.2 Å². The van der Waals surface area contributed by atoms with Crippen molar-refractivity contribution in [3.05, 3.63) is 88.9 Å². The summed E-state index contributed by atoms with van der Waals surface area (Å²) in [5, 5.41) is 15.4. The molecule has 7 nitrogen and oxygen atoms in total. The fourth-order valence-corrected chi connectivity index (χ4v) is 3.36. The number of amides is 3. The third-order valence-corrected chi connectivity index (χ3v) is 5.04. The standard InChI is InChI=1S/C23H21N3O4/c1-14-11-17(8-9-21(14)27)20-12-19(25-23(29)26-20)15-4-6-16(7-5-15)22(28)24-13-18-3-2-10-30-18/h2-11,19,27H,12-13H2,1H3,(H,24,28)(H,25,29). The number of phenolic OH excluding ortho intramolecular Hbond substituents is 1. The fourth-order valence-electron chi connectivity index (χ4n) is 3.36. The zero-order valence-electron chi connectivity index (χ0n) is 16.4. The first-order valence-corrected chi connectivity index (χ1v) is 9.58. The molecule has 0 saturated heterocycles. The summed E-state index contributed by atoms with van der Waals surface area (Å²) in [6, 6.07) is 15.2. The van der Waals surface area contributed by atoms with Crippen LogP contribution in [0.5, 0.6) is 5.75 Å². The quantitative estimate of drug-likeness (QED) is 0.602. The minimum atomic E-state index is -0.410. The first kappa shape index (κ1) is 19.4. The Hall–Kier alpha value is -3.87. The number of aliphatic imine (C=N–C) groups is 1. The van der Waals surface area contributed by atoms with E-state index in [0.29, 0.717) is 30.0 Å². The van der Waals surface area contributed by atoms with Crippen molar-refractivity contribution in [2.75, 3.05) is 0 Å². The van der Waals surface area contributed by atoms with Crippen LogP contribution < -0.4 is 10.6 Å². The molecule has 1 atom stereocenters. The second-order valence-electron chi connectivity index (χ2n) is 7.15. The number of benzene rings is 2. The smallest absolute Gasteiger partial charge is 0.341 e. The Morgan fingerprint density at radius 3 is 2.73 bits per heavy atom. The molecule has 0 spiro atoms. The Bertz CT molecular complexity index is 1100. The number of hydrogen-bond acceptors (Lipinski definition) is 4. The molecule has 152 valence electrons. The molecule has 0 saturated carbocycles. The number of aryl methyl sites for hydroxylation is 1. The highest BCUT2D eigenvalue weighted by atomic mass is 16.3. The summed E-state index contributed by atoms with van der Waals surface area (Å²) in [6.07, 6.45) is 2.08. The van der Waals surface area contributed by atoms with Gasteiger partial charge in [0.25, 0.3) is 5.91 Å². The van der Waals surface area contributed by atoms with Gasteiger partial charge in [-0.15, -0.1) is 0 Å². The number of urea groups is 1. The molecule has 0 aliphatic carbocycles. The minimum absolute atomic E-state index is 0.201. The van der Waals surface area contributed by atoms with Crippen LogP contribution in [0.2, 0.25) is 0 Å². The second-order valence-corrected chi connectivity index (χ2v) is 7.15. The van der Waals surface area contributed by atoms with Crippen molar-refractivity contribution >= 4 is 17.6 Å². The molecular weight excluding hydrogens is 382 g/mol. The van der Waals surface area contributed by atoms with Crippen molar-refractivity contribution < 1.29 is 19.1 Å². The summed E-state index contributed by atoms with van der Waals surface area (Å²) in [5.41, 5.74) is 3.60. The highest BCUT2D eigenvalue weighted by Gasteiger charge is 2.24. The normalized spacial score (nSPS) is 16.0. The van der Waals surface area contributed by atoms with Gasteiger partial charge in [0, 0.05) is 12.0 Å². The van der Waals surface area contributed by atoms with Crippen molar-refractivity contribution in [1.29, 1.82) is 0 Å². The summed E-state index contributed by atoms with van der Waals surface area (Å²) in [4.78, 5) is 28.6. The molecule has 30 heavy (non-hydrogen) atoms. The first-order chi connectivity index (χ1) is 14.5. The molecule has 1 unspecified atom stereocenters. The van der Waals surface area contributed by atoms with Gasteiger partial charge in [-0.05, 0) is 66.1 Å². The van der Waals surface area contributed by atoms with Gasteiger partial charge in [0.1, 0.15) is 11.5 Å². The van der Waals surface area contributed by atoms with Gasteiger partial charge in [-0.25, -0.2) is 4.79 Å². The van der Waals surface area contributed by atoms with E-state index in [1.165, 1.54) is 0 Å². The van der Waals surface area contributed by atoms with Crippen LogP contribution in [0, 0.1) is 6.92 Å². The summed E-state index contributed by atoms with van der Waals surface area (Å²) in [6.45, 7) is 2.12. The fraction of sp³-hybridized carbons (Fsp3) is 0.174. The van der Waals surface area contributed by atoms with Gasteiger partial charge >= 0.3 is 6.03 Å². The number of carbonyl (C=O) groups is 2. The number of rotatable bonds is 5. The van der Waals surface area contributed by atoms with Crippen LogP contribution in [0.25, 0.3) is 0 Å². The van der Waals surface area contributed by atoms with E-state index in [1.54, 1.807) is 49.6 Å². The van der Waals surface area contributed by atoms with E-state index in [9.17, 15) is 14.7 Å². The molecule has 7 heteroatoms. The second kappa shape index (κ2) is 8.24. The molecule has 0 radical (unpaired) electrons. The lowest BCUT2D eigenvalue weighted by Gasteiger charge is -2.24. The van der Waals surface area contributed by atoms with Gasteiger partial charge in [-0.1, -0.05) is 12.1 Å². The number of nitrogens with one attached hydrogen (secondary N) is 2. The lowest BCUT2D eigenvalue weighted by Crippen LogP contribution is -2.33. The molecule has 3 N–H and O–H groups in total. The number of furan rings is 1. The largest absolute Gasteiger partial charge is 0.508 e. The molecule has 2 heterocycles. The van der Waals surface area contributed by atoms with Gasteiger partial charge in [0.05, 0.1) is 24.6 Å². The van der Waals surface area contributed by atoms with Crippen molar-refractivity contribution in [2.45, 2.75) is 25.9 Å². The molecule has 3 amide bonds. The van der Waals surface area contributed by atoms with Gasteiger partial charge in [0.15, 0.2) is 0 Å². The SMILES string of the molecule is Cc1cc(C2=NC(=O)NC(c3ccc(C(=O)NCc4ccco4)cc3)C2)ccc1O. The van der Waals surface area contributed by atoms with Crippen molar-refractivity contribution in [3.8, 4) is 5.75 Å². The Kier molecular flexibility index (Phi) is 5.34. The third-order valence-electron chi connectivity index (χ3n) is 5.04. The molecule has 0 bridgehead atoms. The summed E-state index contributed by atoms with van der Waals surface area (Å²) in [7, 11) is 0.